The maximum Gasteiger partial charge on any atom is 0.227 e. The van der Waals surface area contributed by atoms with Gasteiger partial charge in [0.15, 0.2) is 11.5 Å². The van der Waals surface area contributed by atoms with Crippen molar-refractivity contribution in [2.45, 2.75) is 64.7 Å². The van der Waals surface area contributed by atoms with Crippen LogP contribution >= 0.6 is 0 Å². The van der Waals surface area contributed by atoms with Gasteiger partial charge in [-0.25, -0.2) is 0 Å². The van der Waals surface area contributed by atoms with Gasteiger partial charge in [-0.05, 0) is 25.7 Å². The number of ether oxygens (including phenoxy) is 1. The van der Waals surface area contributed by atoms with Crippen molar-refractivity contribution in [3.05, 3.63) is 27.2 Å². The van der Waals surface area contributed by atoms with E-state index in [9.17, 15) is 9.59 Å². The molecule has 116 valence electrons. The molecule has 0 aliphatic heterocycles. The average Bonchev–Trinajstić information content (AvgIpc) is 2.46. The number of H-pyrrole nitrogens is 1. The molecule has 2 rings (SSSR count). The summed E-state index contributed by atoms with van der Waals surface area (Å²) in [5.41, 5.74) is 1.72. The molecular formula is C17H25NO3. The lowest BCUT2D eigenvalue weighted by atomic mass is 9.81. The summed E-state index contributed by atoms with van der Waals surface area (Å²) in [6, 6.07) is 0. The number of aromatic amines is 1. The van der Waals surface area contributed by atoms with E-state index in [2.05, 4.69) is 11.9 Å². The van der Waals surface area contributed by atoms with Crippen LogP contribution in [0.1, 0.15) is 79.5 Å². The van der Waals surface area contributed by atoms with Crippen molar-refractivity contribution in [3.63, 3.8) is 0 Å². The number of Topliss-reactive ketones (excluding diaryl/α,β-unsaturated/α-hetero) is 1. The molecule has 1 aliphatic rings. The average molecular weight is 291 g/mol. The van der Waals surface area contributed by atoms with Gasteiger partial charge >= 0.3 is 0 Å². The number of carbonyl (C=O) groups is 1. The van der Waals surface area contributed by atoms with E-state index in [1.54, 1.807) is 6.92 Å². The minimum Gasteiger partial charge on any atom is -0.491 e. The summed E-state index contributed by atoms with van der Waals surface area (Å²) >= 11 is 0. The molecule has 0 aromatic carbocycles. The van der Waals surface area contributed by atoms with Gasteiger partial charge in [0.1, 0.15) is 0 Å². The Morgan fingerprint density at radius 3 is 2.67 bits per heavy atom. The maximum absolute atomic E-state index is 12.6. The first-order valence-corrected chi connectivity index (χ1v) is 7.94. The number of fused-ring (bicyclic) bond motifs is 1. The highest BCUT2D eigenvalue weighted by molar-refractivity contribution is 5.97. The first-order valence-electron chi connectivity index (χ1n) is 7.94. The van der Waals surface area contributed by atoms with Gasteiger partial charge in [-0.15, -0.1) is 0 Å². The van der Waals surface area contributed by atoms with Crippen molar-refractivity contribution in [3.8, 4) is 5.75 Å². The number of pyridine rings is 1. The quantitative estimate of drug-likeness (QED) is 0.813. The predicted molar refractivity (Wildman–Crippen MR) is 83.4 cm³/mol. The van der Waals surface area contributed by atoms with Gasteiger partial charge in [-0.1, -0.05) is 32.6 Å². The predicted octanol–water partition coefficient (Wildman–Crippen LogP) is 3.72. The van der Waals surface area contributed by atoms with Gasteiger partial charge < -0.3 is 9.72 Å². The van der Waals surface area contributed by atoms with Crippen LogP contribution in [-0.2, 0) is 0 Å². The maximum atomic E-state index is 12.6. The molecule has 1 aromatic rings. The van der Waals surface area contributed by atoms with Crippen LogP contribution in [0.3, 0.4) is 0 Å². The van der Waals surface area contributed by atoms with Crippen molar-refractivity contribution in [1.82, 2.24) is 4.98 Å². The number of ketones is 1. The van der Waals surface area contributed by atoms with E-state index in [4.69, 9.17) is 4.74 Å². The minimum absolute atomic E-state index is 0.0534. The molecule has 4 heteroatoms. The number of unbranched alkanes of at least 4 members (excludes halogenated alkanes) is 3. The monoisotopic (exact) mass is 291 g/mol. The second kappa shape index (κ2) is 6.92. The van der Waals surface area contributed by atoms with Crippen LogP contribution in [0.25, 0.3) is 0 Å². The van der Waals surface area contributed by atoms with E-state index < -0.39 is 0 Å². The Hall–Kier alpha value is -1.58. The Kier molecular flexibility index (Phi) is 5.21. The van der Waals surface area contributed by atoms with Crippen molar-refractivity contribution < 1.29 is 9.53 Å². The SMILES string of the molecule is CCCCCC[C@H]1CCC(=O)c2[nH]c(C)c(OC)c(=O)c21. The fourth-order valence-electron chi connectivity index (χ4n) is 3.25. The fourth-order valence-corrected chi connectivity index (χ4v) is 3.25. The van der Waals surface area contributed by atoms with Crippen LogP contribution in [-0.4, -0.2) is 17.9 Å². The molecular weight excluding hydrogens is 266 g/mol. The number of hydrogen-bond acceptors (Lipinski definition) is 3. The lowest BCUT2D eigenvalue weighted by Crippen LogP contribution is -2.27. The van der Waals surface area contributed by atoms with E-state index in [0.717, 1.165) is 19.3 Å². The first-order chi connectivity index (χ1) is 10.1. The molecule has 1 heterocycles. The largest absolute Gasteiger partial charge is 0.491 e. The summed E-state index contributed by atoms with van der Waals surface area (Å²) in [6.07, 6.45) is 7.04. The topological polar surface area (TPSA) is 59.2 Å². The van der Waals surface area contributed by atoms with Crippen LogP contribution < -0.4 is 10.2 Å². The molecule has 4 nitrogen and oxygen atoms in total. The molecule has 0 radical (unpaired) electrons. The number of aromatic nitrogens is 1. The van der Waals surface area contributed by atoms with Gasteiger partial charge in [0.05, 0.1) is 18.5 Å². The zero-order chi connectivity index (χ0) is 15.4. The Labute approximate surface area is 125 Å². The van der Waals surface area contributed by atoms with Crippen LogP contribution in [0.5, 0.6) is 5.75 Å². The summed E-state index contributed by atoms with van der Waals surface area (Å²) in [5.74, 6) is 0.590. The summed E-state index contributed by atoms with van der Waals surface area (Å²) in [5, 5.41) is 0. The van der Waals surface area contributed by atoms with Crippen molar-refractivity contribution in [2.24, 2.45) is 0 Å². The van der Waals surface area contributed by atoms with E-state index >= 15 is 0 Å². The molecule has 0 saturated carbocycles. The number of nitrogens with one attached hydrogen (secondary N) is 1. The third-order valence-corrected chi connectivity index (χ3v) is 4.39. The van der Waals surface area contributed by atoms with Gasteiger partial charge in [0.25, 0.3) is 0 Å². The van der Waals surface area contributed by atoms with Gasteiger partial charge in [0.2, 0.25) is 5.43 Å². The van der Waals surface area contributed by atoms with Gasteiger partial charge in [-0.3, -0.25) is 9.59 Å². The van der Waals surface area contributed by atoms with Crippen molar-refractivity contribution in [1.29, 1.82) is 0 Å². The lowest BCUT2D eigenvalue weighted by Gasteiger charge is -2.25. The smallest absolute Gasteiger partial charge is 0.227 e. The molecule has 0 saturated heterocycles. The van der Waals surface area contributed by atoms with E-state index in [1.165, 1.54) is 26.4 Å². The number of hydrogen-bond donors (Lipinski definition) is 1. The molecule has 0 unspecified atom stereocenters. The molecule has 0 fully saturated rings. The number of rotatable bonds is 6. The zero-order valence-electron chi connectivity index (χ0n) is 13.3. The van der Waals surface area contributed by atoms with Gasteiger partial charge in [-0.2, -0.15) is 0 Å². The Morgan fingerprint density at radius 1 is 1.24 bits per heavy atom. The normalized spacial score (nSPS) is 17.7. The minimum atomic E-state index is -0.0997. The summed E-state index contributed by atoms with van der Waals surface area (Å²) in [7, 11) is 1.50. The second-order valence-corrected chi connectivity index (χ2v) is 5.91. The third-order valence-electron chi connectivity index (χ3n) is 4.39. The third kappa shape index (κ3) is 3.20. The second-order valence-electron chi connectivity index (χ2n) is 5.91. The van der Waals surface area contributed by atoms with Crippen LogP contribution in [0, 0.1) is 6.92 Å². The highest BCUT2D eigenvalue weighted by Crippen LogP contribution is 2.34. The first kappa shape index (κ1) is 15.8. The molecule has 1 atom stereocenters. The molecule has 0 bridgehead atoms. The number of methoxy groups -OCH3 is 1. The fraction of sp³-hybridized carbons (Fsp3) is 0.647. The van der Waals surface area contributed by atoms with Crippen molar-refractivity contribution >= 4 is 5.78 Å². The summed E-state index contributed by atoms with van der Waals surface area (Å²) < 4.78 is 5.21. The molecule has 1 aromatic heterocycles. The lowest BCUT2D eigenvalue weighted by molar-refractivity contribution is 0.0959. The van der Waals surface area contributed by atoms with E-state index in [-0.39, 0.29) is 17.1 Å². The number of aryl methyl sites for hydroxylation is 1. The van der Waals surface area contributed by atoms with Crippen molar-refractivity contribution in [2.75, 3.05) is 7.11 Å². The highest BCUT2D eigenvalue weighted by atomic mass is 16.5. The van der Waals surface area contributed by atoms with E-state index in [0.29, 0.717) is 29.1 Å². The van der Waals surface area contributed by atoms with Crippen LogP contribution in [0.15, 0.2) is 4.79 Å². The Morgan fingerprint density at radius 2 is 2.00 bits per heavy atom. The summed E-state index contributed by atoms with van der Waals surface area (Å²) in [6.45, 7) is 3.96. The molecule has 21 heavy (non-hydrogen) atoms. The molecule has 0 spiro atoms. The Bertz CT molecular complexity index is 574. The van der Waals surface area contributed by atoms with Crippen LogP contribution in [0.4, 0.5) is 0 Å². The summed E-state index contributed by atoms with van der Waals surface area (Å²) in [4.78, 5) is 27.8. The molecule has 0 amide bonds. The van der Waals surface area contributed by atoms with Crippen LogP contribution in [0.2, 0.25) is 0 Å². The highest BCUT2D eigenvalue weighted by Gasteiger charge is 2.30. The zero-order valence-corrected chi connectivity index (χ0v) is 13.3. The Balaban J connectivity index is 2.32. The molecule has 1 aliphatic carbocycles. The van der Waals surface area contributed by atoms with E-state index in [1.807, 2.05) is 0 Å². The molecule has 1 N–H and O–H groups in total. The standard InChI is InChI=1S/C17H25NO3/c1-4-5-6-7-8-12-9-10-13(19)15-14(12)16(20)17(21-3)11(2)18-15/h12H,4-10H2,1-3H3,(H,18,20)/t12-/m0/s1. The number of carbonyl (C=O) groups excluding carboxylic acids is 1. The van der Waals surface area contributed by atoms with Gasteiger partial charge in [0, 0.05) is 12.0 Å².